The fraction of sp³-hybridized carbons (Fsp3) is 0.500. The Kier molecular flexibility index (Phi) is 4.07. The third kappa shape index (κ3) is 2.89. The highest BCUT2D eigenvalue weighted by molar-refractivity contribution is 9.10. The van der Waals surface area contributed by atoms with Crippen molar-refractivity contribution in [3.8, 4) is 11.5 Å². The monoisotopic (exact) mass is 286 g/mol. The molecule has 0 bridgehead atoms. The van der Waals surface area contributed by atoms with E-state index >= 15 is 0 Å². The molecule has 3 nitrogen and oxygen atoms in total. The van der Waals surface area contributed by atoms with Crippen molar-refractivity contribution in [2.24, 2.45) is 0 Å². The van der Waals surface area contributed by atoms with Crippen molar-refractivity contribution in [2.75, 3.05) is 13.7 Å². The Bertz CT molecular complexity index is 348. The average molecular weight is 287 g/mol. The highest BCUT2D eigenvalue weighted by Crippen LogP contribution is 2.32. The first-order valence-corrected chi connectivity index (χ1v) is 6.20. The van der Waals surface area contributed by atoms with Crippen molar-refractivity contribution in [1.82, 2.24) is 0 Å². The summed E-state index contributed by atoms with van der Waals surface area (Å²) in [7, 11) is 1.64. The van der Waals surface area contributed by atoms with Gasteiger partial charge in [0.25, 0.3) is 0 Å². The van der Waals surface area contributed by atoms with E-state index in [1.807, 2.05) is 18.2 Å². The minimum absolute atomic E-state index is 0.142. The fourth-order valence-corrected chi connectivity index (χ4v) is 2.03. The van der Waals surface area contributed by atoms with Crippen molar-refractivity contribution in [3.05, 3.63) is 22.7 Å². The van der Waals surface area contributed by atoms with Crippen LogP contribution in [0.2, 0.25) is 0 Å². The topological polar surface area (TPSA) is 27.7 Å². The Hall–Kier alpha value is -0.740. The Morgan fingerprint density at radius 1 is 1.31 bits per heavy atom. The summed E-state index contributed by atoms with van der Waals surface area (Å²) in [5.41, 5.74) is 0. The molecule has 0 amide bonds. The van der Waals surface area contributed by atoms with Crippen molar-refractivity contribution < 1.29 is 14.2 Å². The van der Waals surface area contributed by atoms with E-state index in [1.54, 1.807) is 7.11 Å². The Morgan fingerprint density at radius 2 is 2.19 bits per heavy atom. The zero-order chi connectivity index (χ0) is 11.4. The minimum atomic E-state index is -0.142. The fourth-order valence-electron chi connectivity index (χ4n) is 1.69. The molecule has 2 rings (SSSR count). The minimum Gasteiger partial charge on any atom is -0.493 e. The van der Waals surface area contributed by atoms with E-state index in [-0.39, 0.29) is 6.29 Å². The molecule has 0 aliphatic carbocycles. The molecule has 1 heterocycles. The van der Waals surface area contributed by atoms with Crippen LogP contribution in [0.25, 0.3) is 0 Å². The molecule has 1 saturated heterocycles. The van der Waals surface area contributed by atoms with Gasteiger partial charge in [0.1, 0.15) is 0 Å². The number of hydrogen-bond acceptors (Lipinski definition) is 3. The summed E-state index contributed by atoms with van der Waals surface area (Å²) < 4.78 is 17.5. The molecule has 0 aromatic heterocycles. The van der Waals surface area contributed by atoms with Crippen LogP contribution in [0.4, 0.5) is 0 Å². The van der Waals surface area contributed by atoms with Crippen LogP contribution in [0.15, 0.2) is 22.7 Å². The van der Waals surface area contributed by atoms with Gasteiger partial charge in [-0.25, -0.2) is 0 Å². The van der Waals surface area contributed by atoms with Crippen molar-refractivity contribution in [3.63, 3.8) is 0 Å². The summed E-state index contributed by atoms with van der Waals surface area (Å²) in [6, 6.07) is 5.70. The summed E-state index contributed by atoms with van der Waals surface area (Å²) in [6.45, 7) is 0.779. The summed E-state index contributed by atoms with van der Waals surface area (Å²) in [6.07, 6.45) is 3.07. The molecule has 1 aromatic rings. The second-order valence-electron chi connectivity index (χ2n) is 3.71. The molecule has 0 radical (unpaired) electrons. The Labute approximate surface area is 104 Å². The quantitative estimate of drug-likeness (QED) is 0.853. The lowest BCUT2D eigenvalue weighted by Gasteiger charge is -2.24. The van der Waals surface area contributed by atoms with Crippen molar-refractivity contribution >= 4 is 15.9 Å². The van der Waals surface area contributed by atoms with Gasteiger partial charge in [0.2, 0.25) is 0 Å². The molecular formula is C12H15BrO3. The van der Waals surface area contributed by atoms with Gasteiger partial charge in [-0.15, -0.1) is 0 Å². The molecule has 1 atom stereocenters. The number of methoxy groups -OCH3 is 1. The normalized spacial score (nSPS) is 20.5. The van der Waals surface area contributed by atoms with Crippen LogP contribution in [0.5, 0.6) is 11.5 Å². The lowest BCUT2D eigenvalue weighted by molar-refractivity contribution is -0.106. The highest BCUT2D eigenvalue weighted by Gasteiger charge is 2.17. The van der Waals surface area contributed by atoms with Gasteiger partial charge in [0.05, 0.1) is 13.7 Å². The lowest BCUT2D eigenvalue weighted by atomic mass is 10.2. The van der Waals surface area contributed by atoms with Gasteiger partial charge >= 0.3 is 0 Å². The van der Waals surface area contributed by atoms with Gasteiger partial charge < -0.3 is 14.2 Å². The van der Waals surface area contributed by atoms with Gasteiger partial charge in [0.15, 0.2) is 17.8 Å². The molecular weight excluding hydrogens is 272 g/mol. The zero-order valence-electron chi connectivity index (χ0n) is 9.24. The predicted octanol–water partition coefficient (Wildman–Crippen LogP) is 3.36. The number of hydrogen-bond donors (Lipinski definition) is 0. The molecule has 0 saturated carbocycles. The predicted molar refractivity (Wildman–Crippen MR) is 64.9 cm³/mol. The SMILES string of the molecule is COc1ccc(Br)cc1OC1CCCCO1. The first-order valence-electron chi connectivity index (χ1n) is 5.41. The third-order valence-electron chi connectivity index (χ3n) is 2.52. The average Bonchev–Trinajstić information content (AvgIpc) is 2.31. The van der Waals surface area contributed by atoms with Crippen LogP contribution >= 0.6 is 15.9 Å². The summed E-state index contributed by atoms with van der Waals surface area (Å²) >= 11 is 3.41. The van der Waals surface area contributed by atoms with Gasteiger partial charge in [-0.2, -0.15) is 0 Å². The zero-order valence-corrected chi connectivity index (χ0v) is 10.8. The van der Waals surface area contributed by atoms with Crippen LogP contribution in [0, 0.1) is 0 Å². The molecule has 1 aromatic carbocycles. The van der Waals surface area contributed by atoms with E-state index in [4.69, 9.17) is 14.2 Å². The Morgan fingerprint density at radius 3 is 2.88 bits per heavy atom. The van der Waals surface area contributed by atoms with Crippen LogP contribution < -0.4 is 9.47 Å². The maximum absolute atomic E-state index is 5.78. The van der Waals surface area contributed by atoms with Crippen LogP contribution in [0.1, 0.15) is 19.3 Å². The van der Waals surface area contributed by atoms with E-state index < -0.39 is 0 Å². The van der Waals surface area contributed by atoms with Gasteiger partial charge in [0, 0.05) is 10.9 Å². The third-order valence-corrected chi connectivity index (χ3v) is 3.02. The molecule has 16 heavy (non-hydrogen) atoms. The molecule has 88 valence electrons. The highest BCUT2D eigenvalue weighted by atomic mass is 79.9. The molecule has 1 unspecified atom stereocenters. The Balaban J connectivity index is 2.09. The molecule has 4 heteroatoms. The standard InChI is InChI=1S/C12H15BrO3/c1-14-10-6-5-9(13)8-11(10)16-12-4-2-3-7-15-12/h5-6,8,12H,2-4,7H2,1H3. The van der Waals surface area contributed by atoms with E-state index in [9.17, 15) is 0 Å². The van der Waals surface area contributed by atoms with E-state index in [0.29, 0.717) is 0 Å². The number of rotatable bonds is 3. The summed E-state index contributed by atoms with van der Waals surface area (Å²) in [5, 5.41) is 0. The van der Waals surface area contributed by atoms with Gasteiger partial charge in [-0.3, -0.25) is 0 Å². The summed E-state index contributed by atoms with van der Waals surface area (Å²) in [5.74, 6) is 1.46. The first-order chi connectivity index (χ1) is 7.79. The second kappa shape index (κ2) is 5.55. The van der Waals surface area contributed by atoms with Crippen molar-refractivity contribution in [2.45, 2.75) is 25.6 Å². The molecule has 1 aliphatic heterocycles. The van der Waals surface area contributed by atoms with E-state index in [2.05, 4.69) is 15.9 Å². The van der Waals surface area contributed by atoms with E-state index in [1.165, 1.54) is 0 Å². The first kappa shape index (κ1) is 11.7. The van der Waals surface area contributed by atoms with Crippen LogP contribution in [-0.2, 0) is 4.74 Å². The second-order valence-corrected chi connectivity index (χ2v) is 4.62. The number of halogens is 1. The van der Waals surface area contributed by atoms with E-state index in [0.717, 1.165) is 41.8 Å². The smallest absolute Gasteiger partial charge is 0.200 e. The van der Waals surface area contributed by atoms with Crippen LogP contribution in [0.3, 0.4) is 0 Å². The largest absolute Gasteiger partial charge is 0.493 e. The van der Waals surface area contributed by atoms with Crippen molar-refractivity contribution in [1.29, 1.82) is 0 Å². The lowest BCUT2D eigenvalue weighted by Crippen LogP contribution is -2.25. The maximum Gasteiger partial charge on any atom is 0.200 e. The van der Waals surface area contributed by atoms with Gasteiger partial charge in [-0.1, -0.05) is 15.9 Å². The molecule has 1 fully saturated rings. The van der Waals surface area contributed by atoms with Gasteiger partial charge in [-0.05, 0) is 31.0 Å². The number of benzene rings is 1. The molecule has 0 spiro atoms. The molecule has 1 aliphatic rings. The molecule has 0 N–H and O–H groups in total. The summed E-state index contributed by atoms with van der Waals surface area (Å²) in [4.78, 5) is 0. The maximum atomic E-state index is 5.78. The number of ether oxygens (including phenoxy) is 3. The van der Waals surface area contributed by atoms with Crippen LogP contribution in [-0.4, -0.2) is 20.0 Å².